The van der Waals surface area contributed by atoms with Crippen molar-refractivity contribution in [3.63, 3.8) is 0 Å². The van der Waals surface area contributed by atoms with E-state index >= 15 is 0 Å². The summed E-state index contributed by atoms with van der Waals surface area (Å²) in [4.78, 5) is 3.78. The predicted octanol–water partition coefficient (Wildman–Crippen LogP) is -1.92. The first-order chi connectivity index (χ1) is 3.00. The van der Waals surface area contributed by atoms with Gasteiger partial charge in [0.05, 0.1) is 0 Å². The second-order valence-corrected chi connectivity index (χ2v) is 1.02. The predicted molar refractivity (Wildman–Crippen MR) is 24.2 cm³/mol. The molecule has 0 aliphatic rings. The van der Waals surface area contributed by atoms with Crippen LogP contribution in [0.4, 0.5) is 0 Å². The van der Waals surface area contributed by atoms with Gasteiger partial charge in [0.1, 0.15) is 0 Å². The molecule has 0 bridgehead atoms. The minimum atomic E-state index is 0. The molecule has 0 aliphatic carbocycles. The number of halogens is 1. The van der Waals surface area contributed by atoms with Gasteiger partial charge in [-0.2, -0.15) is 0 Å². The minimum Gasteiger partial charge on any atom is -1.00 e. The first-order valence-corrected chi connectivity index (χ1v) is 1.85. The van der Waals surface area contributed by atoms with E-state index in [4.69, 9.17) is 0 Å². The normalized spacial score (nSPS) is 6.00. The summed E-state index contributed by atoms with van der Waals surface area (Å²) in [5, 5.41) is 0. The summed E-state index contributed by atoms with van der Waals surface area (Å²) in [6, 6.07) is 5.72. The van der Waals surface area contributed by atoms with Gasteiger partial charge in [0.25, 0.3) is 0 Å². The molecule has 8 heavy (non-hydrogen) atoms. The summed E-state index contributed by atoms with van der Waals surface area (Å²) >= 11 is 0. The molecule has 0 amide bonds. The summed E-state index contributed by atoms with van der Waals surface area (Å²) in [7, 11) is 0. The van der Waals surface area contributed by atoms with Crippen LogP contribution in [0.15, 0.2) is 30.6 Å². The monoisotopic (exact) mass is 311 g/mol. The van der Waals surface area contributed by atoms with Gasteiger partial charge in [-0.15, -0.1) is 0 Å². The third-order valence-electron chi connectivity index (χ3n) is 0.566. The minimum absolute atomic E-state index is 0. The van der Waals surface area contributed by atoms with Crippen molar-refractivity contribution in [2.24, 2.45) is 0 Å². The van der Waals surface area contributed by atoms with Crippen LogP contribution in [-0.4, -0.2) is 4.98 Å². The molecule has 0 radical (unpaired) electrons. The van der Waals surface area contributed by atoms with Crippen LogP contribution >= 0.6 is 0 Å². The van der Waals surface area contributed by atoms with Crippen molar-refractivity contribution < 1.29 is 34.8 Å². The standard InChI is InChI=1S/C5H5N.Au.ClH/c1-2-4-6-5-3-1;;/h1-5H;;1H/q;+1;/p-1. The maximum absolute atomic E-state index is 3.78. The molecule has 0 N–H and O–H groups in total. The Morgan fingerprint density at radius 1 is 0.875 bits per heavy atom. The van der Waals surface area contributed by atoms with Gasteiger partial charge in [-0.1, -0.05) is 6.07 Å². The molecule has 0 spiro atoms. The molecular formula is C5H5AuClN. The van der Waals surface area contributed by atoms with Crippen LogP contribution in [0, 0.1) is 0 Å². The van der Waals surface area contributed by atoms with Gasteiger partial charge >= 0.3 is 22.4 Å². The molecule has 3 heteroatoms. The molecule has 1 heterocycles. The molecule has 48 valence electrons. The molecule has 1 aromatic rings. The van der Waals surface area contributed by atoms with Gasteiger partial charge in [-0.25, -0.2) is 0 Å². The Bertz CT molecular complexity index is 84.4. The summed E-state index contributed by atoms with van der Waals surface area (Å²) in [6.45, 7) is 0. The zero-order valence-electron chi connectivity index (χ0n) is 4.01. The zero-order chi connectivity index (χ0) is 4.24. The van der Waals surface area contributed by atoms with Gasteiger partial charge < -0.3 is 12.4 Å². The quantitative estimate of drug-likeness (QED) is 0.509. The Kier molecular flexibility index (Phi) is 9.91. The molecule has 0 aliphatic heterocycles. The maximum atomic E-state index is 3.78. The van der Waals surface area contributed by atoms with E-state index in [1.165, 1.54) is 0 Å². The molecule has 1 aromatic heterocycles. The van der Waals surface area contributed by atoms with E-state index < -0.39 is 0 Å². The van der Waals surface area contributed by atoms with Gasteiger partial charge in [-0.3, -0.25) is 4.98 Å². The summed E-state index contributed by atoms with van der Waals surface area (Å²) < 4.78 is 0. The zero-order valence-corrected chi connectivity index (χ0v) is 6.94. The SMILES string of the molecule is [Au+].[Cl-].c1ccncc1. The fraction of sp³-hybridized carbons (Fsp3) is 0. The average molecular weight is 312 g/mol. The molecule has 0 aromatic carbocycles. The molecular weight excluding hydrogens is 306 g/mol. The average Bonchev–Trinajstić information content (AvgIpc) is 1.72. The third-order valence-corrected chi connectivity index (χ3v) is 0.566. The number of pyridine rings is 1. The number of aromatic nitrogens is 1. The van der Waals surface area contributed by atoms with E-state index in [1.807, 2.05) is 18.2 Å². The van der Waals surface area contributed by atoms with Crippen LogP contribution in [0.3, 0.4) is 0 Å². The second kappa shape index (κ2) is 7.18. The van der Waals surface area contributed by atoms with E-state index in [9.17, 15) is 0 Å². The molecule has 0 atom stereocenters. The van der Waals surface area contributed by atoms with Crippen LogP contribution in [0.5, 0.6) is 0 Å². The van der Waals surface area contributed by atoms with Gasteiger partial charge in [-0.05, 0) is 12.1 Å². The Labute approximate surface area is 70.4 Å². The third kappa shape index (κ3) is 4.34. The molecule has 0 saturated carbocycles. The number of hydrogen-bond donors (Lipinski definition) is 0. The fourth-order valence-electron chi connectivity index (χ4n) is 0.313. The Hall–Kier alpha value is 0.180. The van der Waals surface area contributed by atoms with E-state index in [-0.39, 0.29) is 34.8 Å². The Morgan fingerprint density at radius 3 is 1.50 bits per heavy atom. The van der Waals surface area contributed by atoms with E-state index in [0.717, 1.165) is 0 Å². The smallest absolute Gasteiger partial charge is 1.00 e. The number of nitrogens with zero attached hydrogens (tertiary/aromatic N) is 1. The van der Waals surface area contributed by atoms with Gasteiger partial charge in [0, 0.05) is 12.4 Å². The fourth-order valence-corrected chi connectivity index (χ4v) is 0.313. The van der Waals surface area contributed by atoms with Gasteiger partial charge in [0.15, 0.2) is 0 Å². The molecule has 1 nitrogen and oxygen atoms in total. The van der Waals surface area contributed by atoms with Crippen LogP contribution in [0.25, 0.3) is 0 Å². The largest absolute Gasteiger partial charge is 1.00 e. The van der Waals surface area contributed by atoms with Crippen molar-refractivity contribution in [1.82, 2.24) is 4.98 Å². The molecule has 0 fully saturated rings. The van der Waals surface area contributed by atoms with Crippen LogP contribution < -0.4 is 12.4 Å². The van der Waals surface area contributed by atoms with E-state index in [1.54, 1.807) is 12.4 Å². The first-order valence-electron chi connectivity index (χ1n) is 1.85. The van der Waals surface area contributed by atoms with Crippen molar-refractivity contribution in [3.05, 3.63) is 30.6 Å². The van der Waals surface area contributed by atoms with Crippen LogP contribution in [0.2, 0.25) is 0 Å². The van der Waals surface area contributed by atoms with Crippen molar-refractivity contribution in [2.45, 2.75) is 0 Å². The summed E-state index contributed by atoms with van der Waals surface area (Å²) in [6.07, 6.45) is 3.50. The van der Waals surface area contributed by atoms with E-state index in [2.05, 4.69) is 4.98 Å². The second-order valence-electron chi connectivity index (χ2n) is 1.02. The van der Waals surface area contributed by atoms with Crippen LogP contribution in [-0.2, 0) is 22.4 Å². The first kappa shape index (κ1) is 11.0. The topological polar surface area (TPSA) is 12.9 Å². The van der Waals surface area contributed by atoms with Crippen LogP contribution in [0.1, 0.15) is 0 Å². The van der Waals surface area contributed by atoms with Crippen molar-refractivity contribution in [1.29, 1.82) is 0 Å². The number of rotatable bonds is 0. The number of hydrogen-bond acceptors (Lipinski definition) is 1. The summed E-state index contributed by atoms with van der Waals surface area (Å²) in [5.74, 6) is 0. The van der Waals surface area contributed by atoms with Gasteiger partial charge in [0.2, 0.25) is 0 Å². The molecule has 1 rings (SSSR count). The molecule has 0 saturated heterocycles. The van der Waals surface area contributed by atoms with E-state index in [0.29, 0.717) is 0 Å². The Balaban J connectivity index is 0. The Morgan fingerprint density at radius 2 is 1.38 bits per heavy atom. The molecule has 0 unspecified atom stereocenters. The van der Waals surface area contributed by atoms with Crippen molar-refractivity contribution in [2.75, 3.05) is 0 Å². The van der Waals surface area contributed by atoms with Crippen molar-refractivity contribution >= 4 is 0 Å². The maximum Gasteiger partial charge on any atom is 1.00 e. The van der Waals surface area contributed by atoms with Crippen molar-refractivity contribution in [3.8, 4) is 0 Å². The summed E-state index contributed by atoms with van der Waals surface area (Å²) in [5.41, 5.74) is 0.